The predicted octanol–water partition coefficient (Wildman–Crippen LogP) is 3.45. The summed E-state index contributed by atoms with van der Waals surface area (Å²) in [5.41, 5.74) is -0.769. The molecule has 29 heavy (non-hydrogen) atoms. The molecule has 0 spiro atoms. The molecular weight excluding hydrogens is 383 g/mol. The van der Waals surface area contributed by atoms with E-state index in [9.17, 15) is 24.1 Å². The first-order valence-electron chi connectivity index (χ1n) is 8.44. The zero-order valence-corrected chi connectivity index (χ0v) is 15.0. The van der Waals surface area contributed by atoms with Crippen molar-refractivity contribution in [3.63, 3.8) is 0 Å². The Labute approximate surface area is 164 Å². The van der Waals surface area contributed by atoms with Crippen molar-refractivity contribution in [2.75, 3.05) is 18.5 Å². The molecular formula is C20H15FN2O6. The summed E-state index contributed by atoms with van der Waals surface area (Å²) in [5, 5.41) is 14.8. The van der Waals surface area contributed by atoms with Gasteiger partial charge in [-0.25, -0.2) is 4.79 Å². The Morgan fingerprint density at radius 1 is 1.03 bits per heavy atom. The van der Waals surface area contributed by atoms with Crippen molar-refractivity contribution in [1.82, 2.24) is 0 Å². The van der Waals surface area contributed by atoms with Crippen LogP contribution in [0.5, 0.6) is 5.75 Å². The maximum atomic E-state index is 13.3. The van der Waals surface area contributed by atoms with Crippen molar-refractivity contribution < 1.29 is 28.4 Å². The number of ether oxygens (including phenoxy) is 2. The van der Waals surface area contributed by atoms with Gasteiger partial charge in [-0.15, -0.1) is 0 Å². The summed E-state index contributed by atoms with van der Waals surface area (Å²) in [4.78, 5) is 33.5. The van der Waals surface area contributed by atoms with Gasteiger partial charge >= 0.3 is 11.7 Å². The van der Waals surface area contributed by atoms with Gasteiger partial charge in [0.05, 0.1) is 4.92 Å². The summed E-state index contributed by atoms with van der Waals surface area (Å²) in [6.07, 6.45) is 0. The number of amides is 1. The molecule has 0 aliphatic carbocycles. The summed E-state index contributed by atoms with van der Waals surface area (Å²) in [6.45, 7) is -1.02. The predicted molar refractivity (Wildman–Crippen MR) is 102 cm³/mol. The van der Waals surface area contributed by atoms with Crippen molar-refractivity contribution >= 4 is 34.0 Å². The molecule has 3 aromatic rings. The Morgan fingerprint density at radius 3 is 2.59 bits per heavy atom. The second-order valence-electron chi connectivity index (χ2n) is 5.90. The molecule has 1 N–H and O–H groups in total. The molecule has 0 unspecified atom stereocenters. The molecule has 0 bridgehead atoms. The summed E-state index contributed by atoms with van der Waals surface area (Å²) in [7, 11) is 0. The molecule has 0 aliphatic rings. The van der Waals surface area contributed by atoms with Crippen LogP contribution in [0.1, 0.15) is 0 Å². The number of benzene rings is 3. The Bertz CT molecular complexity index is 1080. The van der Waals surface area contributed by atoms with E-state index < -0.39 is 41.5 Å². The van der Waals surface area contributed by atoms with Gasteiger partial charge in [-0.3, -0.25) is 14.9 Å². The van der Waals surface area contributed by atoms with E-state index >= 15 is 0 Å². The fourth-order valence-corrected chi connectivity index (χ4v) is 2.57. The van der Waals surface area contributed by atoms with E-state index in [2.05, 4.69) is 5.32 Å². The van der Waals surface area contributed by atoms with Gasteiger partial charge in [0.15, 0.2) is 13.2 Å². The molecule has 148 valence electrons. The molecule has 0 atom stereocenters. The van der Waals surface area contributed by atoms with Gasteiger partial charge in [-0.1, -0.05) is 36.4 Å². The van der Waals surface area contributed by atoms with E-state index in [1.165, 1.54) is 0 Å². The normalized spacial score (nSPS) is 10.4. The van der Waals surface area contributed by atoms with Crippen LogP contribution in [0.15, 0.2) is 60.7 Å². The Hall–Kier alpha value is -4.01. The second-order valence-corrected chi connectivity index (χ2v) is 5.90. The van der Waals surface area contributed by atoms with Gasteiger partial charge in [-0.05, 0) is 23.6 Å². The van der Waals surface area contributed by atoms with Crippen LogP contribution in [0.3, 0.4) is 0 Å². The maximum absolute atomic E-state index is 13.3. The number of hydrogen-bond acceptors (Lipinski definition) is 6. The number of fused-ring (bicyclic) bond motifs is 1. The number of esters is 1. The minimum Gasteiger partial charge on any atom is -0.481 e. The lowest BCUT2D eigenvalue weighted by Gasteiger charge is -2.10. The van der Waals surface area contributed by atoms with E-state index in [1.807, 2.05) is 30.3 Å². The van der Waals surface area contributed by atoms with Gasteiger partial charge in [0.2, 0.25) is 5.82 Å². The zero-order valence-electron chi connectivity index (χ0n) is 15.0. The van der Waals surface area contributed by atoms with E-state index in [0.29, 0.717) is 5.75 Å². The van der Waals surface area contributed by atoms with Crippen LogP contribution in [0.25, 0.3) is 10.8 Å². The Balaban J connectivity index is 1.51. The quantitative estimate of drug-likeness (QED) is 0.371. The Kier molecular flexibility index (Phi) is 5.98. The minimum absolute atomic E-state index is 0.00570. The molecule has 9 heteroatoms. The van der Waals surface area contributed by atoms with E-state index in [1.54, 1.807) is 12.1 Å². The average molecular weight is 398 g/mol. The molecule has 1 amide bonds. The minimum atomic E-state index is -1.02. The topological polar surface area (TPSA) is 108 Å². The van der Waals surface area contributed by atoms with Gasteiger partial charge in [0.1, 0.15) is 5.75 Å². The van der Waals surface area contributed by atoms with Crippen LogP contribution in [-0.2, 0) is 14.3 Å². The Morgan fingerprint density at radius 2 is 1.79 bits per heavy atom. The molecule has 0 saturated carbocycles. The number of rotatable bonds is 7. The van der Waals surface area contributed by atoms with Crippen molar-refractivity contribution in [3.8, 4) is 5.75 Å². The third-order valence-corrected chi connectivity index (χ3v) is 3.89. The number of halogens is 1. The molecule has 0 heterocycles. The summed E-state index contributed by atoms with van der Waals surface area (Å²) >= 11 is 0. The first kappa shape index (κ1) is 19.7. The number of nitro groups is 1. The highest BCUT2D eigenvalue weighted by molar-refractivity contribution is 5.93. The van der Waals surface area contributed by atoms with Crippen LogP contribution < -0.4 is 10.1 Å². The van der Waals surface area contributed by atoms with Crippen molar-refractivity contribution in [3.05, 3.63) is 76.6 Å². The molecule has 3 aromatic carbocycles. The third-order valence-electron chi connectivity index (χ3n) is 3.89. The second kappa shape index (κ2) is 8.79. The molecule has 0 radical (unpaired) electrons. The van der Waals surface area contributed by atoms with Crippen LogP contribution in [0, 0.1) is 15.9 Å². The number of hydrogen-bond donors (Lipinski definition) is 1. The lowest BCUT2D eigenvalue weighted by molar-refractivity contribution is -0.387. The number of anilines is 1. The van der Waals surface area contributed by atoms with Crippen LogP contribution in [0.4, 0.5) is 15.8 Å². The molecule has 0 fully saturated rings. The van der Waals surface area contributed by atoms with Gasteiger partial charge < -0.3 is 14.8 Å². The highest BCUT2D eigenvalue weighted by atomic mass is 19.1. The zero-order chi connectivity index (χ0) is 20.8. The number of carbonyl (C=O) groups is 2. The highest BCUT2D eigenvalue weighted by Crippen LogP contribution is 2.25. The monoisotopic (exact) mass is 398 g/mol. The van der Waals surface area contributed by atoms with Gasteiger partial charge in [0, 0.05) is 17.1 Å². The molecule has 8 nitrogen and oxygen atoms in total. The first-order chi connectivity index (χ1) is 13.9. The van der Waals surface area contributed by atoms with E-state index in [-0.39, 0.29) is 5.69 Å². The van der Waals surface area contributed by atoms with Crippen LogP contribution in [0.2, 0.25) is 0 Å². The molecule has 0 saturated heterocycles. The van der Waals surface area contributed by atoms with Crippen molar-refractivity contribution in [2.45, 2.75) is 0 Å². The summed E-state index contributed by atoms with van der Waals surface area (Å²) in [6, 6.07) is 15.8. The van der Waals surface area contributed by atoms with Crippen molar-refractivity contribution in [2.24, 2.45) is 0 Å². The molecule has 3 rings (SSSR count). The smallest absolute Gasteiger partial charge is 0.344 e. The van der Waals surface area contributed by atoms with Crippen LogP contribution in [-0.4, -0.2) is 30.0 Å². The van der Waals surface area contributed by atoms with E-state index in [0.717, 1.165) is 29.0 Å². The largest absolute Gasteiger partial charge is 0.481 e. The molecule has 0 aliphatic heterocycles. The standard InChI is InChI=1S/C20H15FN2O6/c21-16-9-8-14(10-17(16)23(26)27)22-19(24)11-29-20(25)12-28-18-7-3-5-13-4-1-2-6-15(13)18/h1-10H,11-12H2,(H,22,24). The van der Waals surface area contributed by atoms with Crippen LogP contribution >= 0.6 is 0 Å². The SMILES string of the molecule is O=C(COC(=O)COc1cccc2ccccc12)Nc1ccc(F)c([N+](=O)[O-])c1. The fourth-order valence-electron chi connectivity index (χ4n) is 2.57. The summed E-state index contributed by atoms with van der Waals surface area (Å²) in [5.74, 6) is -2.02. The fraction of sp³-hybridized carbons (Fsp3) is 0.100. The number of nitro benzene ring substituents is 1. The van der Waals surface area contributed by atoms with Gasteiger partial charge in [0.25, 0.3) is 5.91 Å². The third kappa shape index (κ3) is 5.04. The highest BCUT2D eigenvalue weighted by Gasteiger charge is 2.16. The van der Waals surface area contributed by atoms with Gasteiger partial charge in [-0.2, -0.15) is 4.39 Å². The number of nitrogens with one attached hydrogen (secondary N) is 1. The van der Waals surface area contributed by atoms with Crippen molar-refractivity contribution in [1.29, 1.82) is 0 Å². The number of carbonyl (C=O) groups excluding carboxylic acids is 2. The van der Waals surface area contributed by atoms with E-state index in [4.69, 9.17) is 9.47 Å². The maximum Gasteiger partial charge on any atom is 0.344 e. The number of nitrogens with zero attached hydrogens (tertiary/aromatic N) is 1. The average Bonchev–Trinajstić information content (AvgIpc) is 2.72. The summed E-state index contributed by atoms with van der Waals surface area (Å²) < 4.78 is 23.6. The lowest BCUT2D eigenvalue weighted by atomic mass is 10.1. The molecule has 0 aromatic heterocycles. The first-order valence-corrected chi connectivity index (χ1v) is 8.44. The lowest BCUT2D eigenvalue weighted by Crippen LogP contribution is -2.23.